The molecule has 1 aliphatic rings. The van der Waals surface area contributed by atoms with Gasteiger partial charge < -0.3 is 5.32 Å². The van der Waals surface area contributed by atoms with Gasteiger partial charge in [0.1, 0.15) is 0 Å². The molecule has 0 aliphatic carbocycles. The minimum atomic E-state index is 0.0616. The van der Waals surface area contributed by atoms with Gasteiger partial charge in [-0.3, -0.25) is 9.78 Å². The first-order valence-electron chi connectivity index (χ1n) is 5.80. The van der Waals surface area contributed by atoms with Crippen molar-refractivity contribution in [3.8, 4) is 0 Å². The Bertz CT molecular complexity index is 458. The molecule has 0 unspecified atom stereocenters. The zero-order chi connectivity index (χ0) is 12.4. The molecule has 90 valence electrons. The van der Waals surface area contributed by atoms with Gasteiger partial charge in [0.2, 0.25) is 5.91 Å². The van der Waals surface area contributed by atoms with E-state index < -0.39 is 0 Å². The Balaban J connectivity index is 2.02. The van der Waals surface area contributed by atoms with Crippen molar-refractivity contribution in [2.24, 2.45) is 11.8 Å². The van der Waals surface area contributed by atoms with Crippen LogP contribution in [-0.2, 0) is 11.2 Å². The van der Waals surface area contributed by atoms with Crippen molar-refractivity contribution in [3.63, 3.8) is 0 Å². The van der Waals surface area contributed by atoms with E-state index in [0.717, 1.165) is 22.7 Å². The summed E-state index contributed by atoms with van der Waals surface area (Å²) in [5.41, 5.74) is 2.17. The molecule has 4 heteroatoms. The standard InChI is InChI=1S/C13H16N2OS/c1-8-4-3-5-14-11(8)6-12(17)9(2)10-7-15-13(10)16/h3-5,9-10H,6-7H2,1-2H3,(H,15,16)/t9-,10-/m1/s1. The Morgan fingerprint density at radius 3 is 3.00 bits per heavy atom. The molecule has 2 rings (SSSR count). The second kappa shape index (κ2) is 4.92. The SMILES string of the molecule is Cc1cccnc1CC(=S)[C@H](C)[C@H]1CNC1=O. The van der Waals surface area contributed by atoms with E-state index >= 15 is 0 Å². The highest BCUT2D eigenvalue weighted by molar-refractivity contribution is 7.80. The second-order valence-corrected chi connectivity index (χ2v) is 5.07. The summed E-state index contributed by atoms with van der Waals surface area (Å²) in [4.78, 5) is 16.6. The molecule has 0 radical (unpaired) electrons. The monoisotopic (exact) mass is 248 g/mol. The fraction of sp³-hybridized carbons (Fsp3) is 0.462. The van der Waals surface area contributed by atoms with Gasteiger partial charge in [0.05, 0.1) is 5.92 Å². The van der Waals surface area contributed by atoms with Gasteiger partial charge in [0, 0.05) is 35.6 Å². The molecule has 0 bridgehead atoms. The number of thiocarbonyl (C=S) groups is 1. The number of nitrogens with zero attached hydrogens (tertiary/aromatic N) is 1. The highest BCUT2D eigenvalue weighted by Crippen LogP contribution is 2.21. The second-order valence-electron chi connectivity index (χ2n) is 4.55. The van der Waals surface area contributed by atoms with E-state index in [4.69, 9.17) is 12.2 Å². The molecule has 1 aromatic rings. The molecule has 1 aromatic heterocycles. The zero-order valence-corrected chi connectivity index (χ0v) is 10.9. The van der Waals surface area contributed by atoms with Crippen LogP contribution < -0.4 is 5.32 Å². The Kier molecular flexibility index (Phi) is 3.52. The number of amides is 1. The van der Waals surface area contributed by atoms with Crippen molar-refractivity contribution in [2.75, 3.05) is 6.54 Å². The lowest BCUT2D eigenvalue weighted by atomic mass is 9.84. The summed E-state index contributed by atoms with van der Waals surface area (Å²) in [6, 6.07) is 3.95. The summed E-state index contributed by atoms with van der Waals surface area (Å²) in [7, 11) is 0. The van der Waals surface area contributed by atoms with Gasteiger partial charge in [-0.2, -0.15) is 0 Å². The summed E-state index contributed by atoms with van der Waals surface area (Å²) in [5.74, 6) is 0.337. The zero-order valence-electron chi connectivity index (χ0n) is 10.1. The largest absolute Gasteiger partial charge is 0.355 e. The van der Waals surface area contributed by atoms with Crippen molar-refractivity contribution < 1.29 is 4.79 Å². The fourth-order valence-electron chi connectivity index (χ4n) is 1.96. The highest BCUT2D eigenvalue weighted by Gasteiger charge is 2.34. The van der Waals surface area contributed by atoms with E-state index in [1.165, 1.54) is 0 Å². The normalized spacial score (nSPS) is 20.4. The first-order chi connectivity index (χ1) is 8.09. The van der Waals surface area contributed by atoms with Crippen LogP contribution in [0.2, 0.25) is 0 Å². The lowest BCUT2D eigenvalue weighted by Crippen LogP contribution is -2.53. The minimum absolute atomic E-state index is 0.0616. The summed E-state index contributed by atoms with van der Waals surface area (Å²) in [6.07, 6.45) is 2.47. The van der Waals surface area contributed by atoms with Gasteiger partial charge in [0.15, 0.2) is 0 Å². The van der Waals surface area contributed by atoms with Gasteiger partial charge in [0.25, 0.3) is 0 Å². The number of nitrogens with one attached hydrogen (secondary N) is 1. The first-order valence-corrected chi connectivity index (χ1v) is 6.21. The number of hydrogen-bond acceptors (Lipinski definition) is 3. The van der Waals surface area contributed by atoms with Crippen LogP contribution in [-0.4, -0.2) is 22.3 Å². The molecule has 17 heavy (non-hydrogen) atoms. The maximum Gasteiger partial charge on any atom is 0.225 e. The minimum Gasteiger partial charge on any atom is -0.355 e. The van der Waals surface area contributed by atoms with E-state index in [-0.39, 0.29) is 17.7 Å². The Morgan fingerprint density at radius 2 is 2.47 bits per heavy atom. The van der Waals surface area contributed by atoms with Crippen molar-refractivity contribution in [2.45, 2.75) is 20.3 Å². The van der Waals surface area contributed by atoms with E-state index in [2.05, 4.69) is 10.3 Å². The number of aryl methyl sites for hydroxylation is 1. The molecule has 0 spiro atoms. The number of carbonyl (C=O) groups excluding carboxylic acids is 1. The number of hydrogen-bond donors (Lipinski definition) is 1. The average Bonchev–Trinajstić information content (AvgIpc) is 2.30. The lowest BCUT2D eigenvalue weighted by molar-refractivity contribution is -0.132. The molecule has 0 aromatic carbocycles. The molecule has 2 atom stereocenters. The molecular formula is C13H16N2OS. The third kappa shape index (κ3) is 2.52. The number of pyridine rings is 1. The average molecular weight is 248 g/mol. The van der Waals surface area contributed by atoms with Crippen LogP contribution in [0.15, 0.2) is 18.3 Å². The molecule has 2 heterocycles. The smallest absolute Gasteiger partial charge is 0.225 e. The van der Waals surface area contributed by atoms with Crippen LogP contribution in [0.25, 0.3) is 0 Å². The van der Waals surface area contributed by atoms with E-state index in [1.54, 1.807) is 6.20 Å². The molecule has 1 aliphatic heterocycles. The maximum atomic E-state index is 11.3. The van der Waals surface area contributed by atoms with Crippen molar-refractivity contribution in [1.29, 1.82) is 0 Å². The quantitative estimate of drug-likeness (QED) is 0.651. The van der Waals surface area contributed by atoms with Crippen molar-refractivity contribution in [3.05, 3.63) is 29.6 Å². The Morgan fingerprint density at radius 1 is 1.71 bits per heavy atom. The van der Waals surface area contributed by atoms with Gasteiger partial charge in [-0.1, -0.05) is 25.2 Å². The topological polar surface area (TPSA) is 42.0 Å². The molecule has 0 saturated carbocycles. The maximum absolute atomic E-state index is 11.3. The summed E-state index contributed by atoms with van der Waals surface area (Å²) < 4.78 is 0. The molecule has 1 N–H and O–H groups in total. The number of β-lactam (4-membered cyclic amide) rings is 1. The van der Waals surface area contributed by atoms with Crippen LogP contribution >= 0.6 is 12.2 Å². The van der Waals surface area contributed by atoms with Gasteiger partial charge in [-0.25, -0.2) is 0 Å². The van der Waals surface area contributed by atoms with Gasteiger partial charge in [-0.15, -0.1) is 0 Å². The summed E-state index contributed by atoms with van der Waals surface area (Å²) in [5, 5.41) is 2.76. The number of aromatic nitrogens is 1. The fourth-order valence-corrected chi connectivity index (χ4v) is 2.26. The third-order valence-corrected chi connectivity index (χ3v) is 3.92. The molecular weight excluding hydrogens is 232 g/mol. The summed E-state index contributed by atoms with van der Waals surface area (Å²) in [6.45, 7) is 4.82. The van der Waals surface area contributed by atoms with E-state index in [0.29, 0.717) is 6.42 Å². The van der Waals surface area contributed by atoms with Gasteiger partial charge in [-0.05, 0) is 18.6 Å². The number of carbonyl (C=O) groups is 1. The van der Waals surface area contributed by atoms with Crippen molar-refractivity contribution >= 4 is 23.0 Å². The van der Waals surface area contributed by atoms with Crippen LogP contribution in [0.4, 0.5) is 0 Å². The lowest BCUT2D eigenvalue weighted by Gasteiger charge is -2.31. The Labute approximate surface area is 107 Å². The van der Waals surface area contributed by atoms with Crippen molar-refractivity contribution in [1.82, 2.24) is 10.3 Å². The predicted octanol–water partition coefficient (Wildman–Crippen LogP) is 1.68. The molecule has 1 amide bonds. The van der Waals surface area contributed by atoms with Crippen LogP contribution in [0, 0.1) is 18.8 Å². The number of rotatable bonds is 4. The highest BCUT2D eigenvalue weighted by atomic mass is 32.1. The van der Waals surface area contributed by atoms with Gasteiger partial charge >= 0.3 is 0 Å². The van der Waals surface area contributed by atoms with E-state index in [1.807, 2.05) is 26.0 Å². The van der Waals surface area contributed by atoms with Crippen LogP contribution in [0.3, 0.4) is 0 Å². The van der Waals surface area contributed by atoms with Crippen LogP contribution in [0.1, 0.15) is 18.2 Å². The third-order valence-electron chi connectivity index (χ3n) is 3.40. The Hall–Kier alpha value is -1.29. The van der Waals surface area contributed by atoms with E-state index in [9.17, 15) is 4.79 Å². The molecule has 1 fully saturated rings. The van der Waals surface area contributed by atoms with Crippen LogP contribution in [0.5, 0.6) is 0 Å². The molecule has 1 saturated heterocycles. The molecule has 3 nitrogen and oxygen atoms in total. The summed E-state index contributed by atoms with van der Waals surface area (Å²) >= 11 is 5.43. The first kappa shape index (κ1) is 12.2. The predicted molar refractivity (Wildman–Crippen MR) is 70.9 cm³/mol.